The van der Waals surface area contributed by atoms with E-state index in [1.807, 2.05) is 25.1 Å². The summed E-state index contributed by atoms with van der Waals surface area (Å²) in [6, 6.07) is 7.90. The van der Waals surface area contributed by atoms with Gasteiger partial charge in [0.25, 0.3) is 0 Å². The van der Waals surface area contributed by atoms with E-state index in [9.17, 15) is 0 Å². The van der Waals surface area contributed by atoms with E-state index < -0.39 is 0 Å². The van der Waals surface area contributed by atoms with Gasteiger partial charge in [-0.1, -0.05) is 6.07 Å². The van der Waals surface area contributed by atoms with Crippen molar-refractivity contribution in [2.75, 3.05) is 11.9 Å². The van der Waals surface area contributed by atoms with Crippen LogP contribution in [0.2, 0.25) is 0 Å². The maximum atomic E-state index is 8.97. The molecule has 0 saturated heterocycles. The van der Waals surface area contributed by atoms with E-state index >= 15 is 0 Å². The van der Waals surface area contributed by atoms with E-state index in [-0.39, 0.29) is 0 Å². The molecule has 2 N–H and O–H groups in total. The van der Waals surface area contributed by atoms with E-state index in [0.717, 1.165) is 23.5 Å². The average molecular weight is 227 g/mol. The Bertz CT molecular complexity index is 524. The molecule has 5 nitrogen and oxygen atoms in total. The molecule has 86 valence electrons. The van der Waals surface area contributed by atoms with E-state index in [1.54, 1.807) is 0 Å². The zero-order valence-corrected chi connectivity index (χ0v) is 9.57. The van der Waals surface area contributed by atoms with Crippen LogP contribution in [-0.4, -0.2) is 21.7 Å². The Morgan fingerprint density at radius 2 is 2.35 bits per heavy atom. The van der Waals surface area contributed by atoms with Gasteiger partial charge in [0.2, 0.25) is 0 Å². The molecule has 0 aliphatic carbocycles. The van der Waals surface area contributed by atoms with Crippen LogP contribution in [0.15, 0.2) is 24.5 Å². The van der Waals surface area contributed by atoms with Gasteiger partial charge in [-0.15, -0.1) is 0 Å². The molecule has 0 unspecified atom stereocenters. The molecule has 1 heterocycles. The molecule has 0 bridgehead atoms. The number of nitrogens with one attached hydrogen (secondary N) is 2. The van der Waals surface area contributed by atoms with Gasteiger partial charge in [-0.05, 0) is 24.6 Å². The first-order valence-corrected chi connectivity index (χ1v) is 5.38. The standard InChI is InChI=1S/C12H13N5/c1-9-2-3-10(7-13)11(6-9)14-5-4-12-15-8-16-17-12/h2-3,6,8,14H,4-5H2,1H3,(H,15,16,17). The molecule has 2 aromatic rings. The molecule has 1 aromatic heterocycles. The van der Waals surface area contributed by atoms with Gasteiger partial charge < -0.3 is 5.32 Å². The molecule has 0 aliphatic rings. The topological polar surface area (TPSA) is 77.4 Å². The second-order valence-corrected chi connectivity index (χ2v) is 3.77. The zero-order valence-electron chi connectivity index (χ0n) is 9.57. The van der Waals surface area contributed by atoms with Gasteiger partial charge in [0.1, 0.15) is 18.2 Å². The lowest BCUT2D eigenvalue weighted by molar-refractivity contribution is 0.901. The van der Waals surface area contributed by atoms with Gasteiger partial charge in [-0.3, -0.25) is 5.10 Å². The van der Waals surface area contributed by atoms with Crippen LogP contribution in [0.1, 0.15) is 17.0 Å². The number of aryl methyl sites for hydroxylation is 1. The van der Waals surface area contributed by atoms with Crippen molar-refractivity contribution in [3.63, 3.8) is 0 Å². The lowest BCUT2D eigenvalue weighted by Gasteiger charge is -2.07. The summed E-state index contributed by atoms with van der Waals surface area (Å²) in [5.74, 6) is 0.837. The summed E-state index contributed by atoms with van der Waals surface area (Å²) >= 11 is 0. The van der Waals surface area contributed by atoms with E-state index in [2.05, 4.69) is 26.6 Å². The maximum Gasteiger partial charge on any atom is 0.137 e. The molecular weight excluding hydrogens is 214 g/mol. The fourth-order valence-electron chi connectivity index (χ4n) is 1.57. The van der Waals surface area contributed by atoms with Crippen LogP contribution < -0.4 is 5.32 Å². The minimum Gasteiger partial charge on any atom is -0.384 e. The number of aromatic nitrogens is 3. The van der Waals surface area contributed by atoms with Crippen LogP contribution >= 0.6 is 0 Å². The Hall–Kier alpha value is -2.35. The largest absolute Gasteiger partial charge is 0.384 e. The number of benzene rings is 1. The summed E-state index contributed by atoms with van der Waals surface area (Å²) < 4.78 is 0. The van der Waals surface area contributed by atoms with Crippen molar-refractivity contribution in [1.82, 2.24) is 15.2 Å². The molecule has 0 atom stereocenters. The fourth-order valence-corrected chi connectivity index (χ4v) is 1.57. The highest BCUT2D eigenvalue weighted by molar-refractivity contribution is 5.58. The van der Waals surface area contributed by atoms with Gasteiger partial charge in [0, 0.05) is 13.0 Å². The lowest BCUT2D eigenvalue weighted by atomic mass is 10.1. The Balaban J connectivity index is 1.99. The normalized spacial score (nSPS) is 9.88. The molecule has 0 amide bonds. The highest BCUT2D eigenvalue weighted by atomic mass is 15.2. The smallest absolute Gasteiger partial charge is 0.137 e. The predicted octanol–water partition coefficient (Wildman–Crippen LogP) is 1.64. The van der Waals surface area contributed by atoms with Crippen LogP contribution in [0.25, 0.3) is 0 Å². The third kappa shape index (κ3) is 2.82. The van der Waals surface area contributed by atoms with Crippen LogP contribution in [0.4, 0.5) is 5.69 Å². The summed E-state index contributed by atoms with van der Waals surface area (Å²) in [5.41, 5.74) is 2.66. The number of nitriles is 1. The first kappa shape index (κ1) is 11.1. The predicted molar refractivity (Wildman–Crippen MR) is 64.5 cm³/mol. The Labute approximate surface area is 99.5 Å². The van der Waals surface area contributed by atoms with Crippen LogP contribution in [0.5, 0.6) is 0 Å². The van der Waals surface area contributed by atoms with Crippen molar-refractivity contribution in [2.45, 2.75) is 13.3 Å². The van der Waals surface area contributed by atoms with Crippen LogP contribution in [0.3, 0.4) is 0 Å². The number of H-pyrrole nitrogens is 1. The van der Waals surface area contributed by atoms with E-state index in [1.165, 1.54) is 6.33 Å². The highest BCUT2D eigenvalue weighted by Gasteiger charge is 2.02. The van der Waals surface area contributed by atoms with E-state index in [4.69, 9.17) is 5.26 Å². The molecule has 0 spiro atoms. The molecule has 17 heavy (non-hydrogen) atoms. The summed E-state index contributed by atoms with van der Waals surface area (Å²) in [4.78, 5) is 4.04. The second kappa shape index (κ2) is 5.12. The fraction of sp³-hybridized carbons (Fsp3) is 0.250. The molecule has 0 saturated carbocycles. The van der Waals surface area contributed by atoms with Gasteiger partial charge in [-0.2, -0.15) is 10.4 Å². The van der Waals surface area contributed by atoms with Crippen LogP contribution in [0, 0.1) is 18.3 Å². The summed E-state index contributed by atoms with van der Waals surface area (Å²) in [6.07, 6.45) is 2.24. The minimum absolute atomic E-state index is 0.660. The third-order valence-electron chi connectivity index (χ3n) is 2.44. The molecular formula is C12H13N5. The molecule has 1 aromatic carbocycles. The SMILES string of the molecule is Cc1ccc(C#N)c(NCCc2ncn[nH]2)c1. The van der Waals surface area contributed by atoms with Crippen LogP contribution in [-0.2, 0) is 6.42 Å². The van der Waals surface area contributed by atoms with Crippen molar-refractivity contribution in [3.8, 4) is 6.07 Å². The van der Waals surface area contributed by atoms with Gasteiger partial charge in [0.05, 0.1) is 11.3 Å². The third-order valence-corrected chi connectivity index (χ3v) is 2.44. The quantitative estimate of drug-likeness (QED) is 0.832. The Morgan fingerprint density at radius 1 is 1.47 bits per heavy atom. The van der Waals surface area contributed by atoms with Gasteiger partial charge >= 0.3 is 0 Å². The van der Waals surface area contributed by atoms with Gasteiger partial charge in [0.15, 0.2) is 0 Å². The van der Waals surface area contributed by atoms with Crippen molar-refractivity contribution >= 4 is 5.69 Å². The molecule has 5 heteroatoms. The number of anilines is 1. The number of hydrogen-bond acceptors (Lipinski definition) is 4. The summed E-state index contributed by atoms with van der Waals surface area (Å²) in [7, 11) is 0. The number of hydrogen-bond donors (Lipinski definition) is 2. The Kier molecular flexibility index (Phi) is 3.36. The number of nitrogens with zero attached hydrogens (tertiary/aromatic N) is 3. The number of rotatable bonds is 4. The maximum absolute atomic E-state index is 8.97. The van der Waals surface area contributed by atoms with Crippen molar-refractivity contribution in [1.29, 1.82) is 5.26 Å². The summed E-state index contributed by atoms with van der Waals surface area (Å²) in [6.45, 7) is 2.72. The van der Waals surface area contributed by atoms with Crippen molar-refractivity contribution in [2.24, 2.45) is 0 Å². The minimum atomic E-state index is 0.660. The molecule has 2 rings (SSSR count). The molecule has 0 radical (unpaired) electrons. The van der Waals surface area contributed by atoms with Gasteiger partial charge in [-0.25, -0.2) is 4.98 Å². The first-order valence-electron chi connectivity index (χ1n) is 5.38. The first-order chi connectivity index (χ1) is 8.29. The zero-order chi connectivity index (χ0) is 12.1. The van der Waals surface area contributed by atoms with Crippen molar-refractivity contribution in [3.05, 3.63) is 41.5 Å². The van der Waals surface area contributed by atoms with E-state index in [0.29, 0.717) is 12.1 Å². The summed E-state index contributed by atoms with van der Waals surface area (Å²) in [5, 5.41) is 18.8. The highest BCUT2D eigenvalue weighted by Crippen LogP contribution is 2.16. The Morgan fingerprint density at radius 3 is 3.06 bits per heavy atom. The number of aromatic amines is 1. The average Bonchev–Trinajstić information content (AvgIpc) is 2.82. The van der Waals surface area contributed by atoms with Crippen molar-refractivity contribution < 1.29 is 0 Å². The second-order valence-electron chi connectivity index (χ2n) is 3.77. The molecule has 0 aliphatic heterocycles. The monoisotopic (exact) mass is 227 g/mol. The lowest BCUT2D eigenvalue weighted by Crippen LogP contribution is -2.07. The molecule has 0 fully saturated rings.